The predicted octanol–water partition coefficient (Wildman–Crippen LogP) is 1.22. The van der Waals surface area contributed by atoms with Gasteiger partial charge < -0.3 is 10.8 Å². The number of aromatic nitrogens is 2. The Morgan fingerprint density at radius 2 is 1.80 bits per heavy atom. The van der Waals surface area contributed by atoms with E-state index in [1.807, 2.05) is 24.3 Å². The van der Waals surface area contributed by atoms with Gasteiger partial charge in [-0.2, -0.15) is 0 Å². The first-order valence-corrected chi connectivity index (χ1v) is 4.57. The van der Waals surface area contributed by atoms with E-state index in [9.17, 15) is 0 Å². The maximum atomic E-state index is 8.89. The van der Waals surface area contributed by atoms with Crippen molar-refractivity contribution in [3.63, 3.8) is 0 Å². The van der Waals surface area contributed by atoms with Crippen LogP contribution in [0.4, 0.5) is 5.82 Å². The average molecular weight is 201 g/mol. The summed E-state index contributed by atoms with van der Waals surface area (Å²) in [6, 6.07) is 7.50. The molecule has 0 spiro atoms. The van der Waals surface area contributed by atoms with Gasteiger partial charge in [-0.05, 0) is 5.56 Å². The molecule has 0 atom stereocenters. The van der Waals surface area contributed by atoms with E-state index in [0.717, 1.165) is 16.8 Å². The van der Waals surface area contributed by atoms with Crippen LogP contribution in [0.5, 0.6) is 0 Å². The van der Waals surface area contributed by atoms with Crippen molar-refractivity contribution < 1.29 is 5.11 Å². The Balaban J connectivity index is 2.33. The number of aliphatic hydroxyl groups excluding tert-OH is 1. The van der Waals surface area contributed by atoms with E-state index >= 15 is 0 Å². The fourth-order valence-electron chi connectivity index (χ4n) is 1.27. The van der Waals surface area contributed by atoms with Crippen LogP contribution < -0.4 is 5.73 Å². The van der Waals surface area contributed by atoms with Crippen LogP contribution in [0.1, 0.15) is 5.56 Å². The third-order valence-corrected chi connectivity index (χ3v) is 2.10. The summed E-state index contributed by atoms with van der Waals surface area (Å²) in [6.45, 7) is 0.0493. The zero-order chi connectivity index (χ0) is 10.7. The summed E-state index contributed by atoms with van der Waals surface area (Å²) >= 11 is 0. The lowest BCUT2D eigenvalue weighted by Gasteiger charge is -2.01. The lowest BCUT2D eigenvalue weighted by atomic mass is 10.1. The van der Waals surface area contributed by atoms with E-state index in [-0.39, 0.29) is 6.61 Å². The van der Waals surface area contributed by atoms with E-state index in [1.54, 1.807) is 6.20 Å². The van der Waals surface area contributed by atoms with E-state index in [1.165, 1.54) is 6.20 Å². The summed E-state index contributed by atoms with van der Waals surface area (Å²) < 4.78 is 0. The quantitative estimate of drug-likeness (QED) is 0.766. The fraction of sp³-hybridized carbons (Fsp3) is 0.0909. The van der Waals surface area contributed by atoms with Crippen LogP contribution in [0.25, 0.3) is 11.3 Å². The highest BCUT2D eigenvalue weighted by atomic mass is 16.3. The van der Waals surface area contributed by atoms with Crippen molar-refractivity contribution in [1.29, 1.82) is 0 Å². The van der Waals surface area contributed by atoms with Crippen LogP contribution in [0.15, 0.2) is 36.7 Å². The molecular formula is C11H11N3O. The molecule has 0 radical (unpaired) electrons. The molecule has 4 nitrogen and oxygen atoms in total. The normalized spacial score (nSPS) is 10.2. The van der Waals surface area contributed by atoms with Crippen molar-refractivity contribution in [2.45, 2.75) is 6.61 Å². The van der Waals surface area contributed by atoms with Gasteiger partial charge in [-0.15, -0.1) is 0 Å². The smallest absolute Gasteiger partial charge is 0.141 e. The Morgan fingerprint density at radius 3 is 2.33 bits per heavy atom. The number of nitrogens with zero attached hydrogens (tertiary/aromatic N) is 2. The van der Waals surface area contributed by atoms with Gasteiger partial charge in [0.05, 0.1) is 24.7 Å². The minimum absolute atomic E-state index is 0.0493. The number of benzene rings is 1. The van der Waals surface area contributed by atoms with E-state index in [4.69, 9.17) is 10.8 Å². The molecule has 0 saturated carbocycles. The second-order valence-corrected chi connectivity index (χ2v) is 3.18. The summed E-state index contributed by atoms with van der Waals surface area (Å²) in [6.07, 6.45) is 3.15. The molecule has 0 saturated heterocycles. The first kappa shape index (κ1) is 9.61. The van der Waals surface area contributed by atoms with Crippen molar-refractivity contribution in [2.75, 3.05) is 5.73 Å². The SMILES string of the molecule is Nc1cnc(-c2ccc(CO)cc2)cn1. The van der Waals surface area contributed by atoms with Crippen LogP contribution in [-0.4, -0.2) is 15.1 Å². The summed E-state index contributed by atoms with van der Waals surface area (Å²) in [5, 5.41) is 8.89. The summed E-state index contributed by atoms with van der Waals surface area (Å²) in [5.41, 5.74) is 8.05. The monoisotopic (exact) mass is 201 g/mol. The van der Waals surface area contributed by atoms with E-state index < -0.39 is 0 Å². The lowest BCUT2D eigenvalue weighted by molar-refractivity contribution is 0.282. The summed E-state index contributed by atoms with van der Waals surface area (Å²) in [7, 11) is 0. The van der Waals surface area contributed by atoms with Crippen LogP contribution in [0.2, 0.25) is 0 Å². The molecule has 1 heterocycles. The van der Waals surface area contributed by atoms with Gasteiger partial charge in [0.25, 0.3) is 0 Å². The number of nitrogens with two attached hydrogens (primary N) is 1. The first-order valence-electron chi connectivity index (χ1n) is 4.57. The van der Waals surface area contributed by atoms with Crippen molar-refractivity contribution in [3.05, 3.63) is 42.2 Å². The molecular weight excluding hydrogens is 190 g/mol. The van der Waals surface area contributed by atoms with Gasteiger partial charge in [0.1, 0.15) is 5.82 Å². The van der Waals surface area contributed by atoms with Gasteiger partial charge in [-0.1, -0.05) is 24.3 Å². The Morgan fingerprint density at radius 1 is 1.07 bits per heavy atom. The highest BCUT2D eigenvalue weighted by Gasteiger charge is 1.99. The maximum Gasteiger partial charge on any atom is 0.141 e. The second-order valence-electron chi connectivity index (χ2n) is 3.18. The largest absolute Gasteiger partial charge is 0.392 e. The van der Waals surface area contributed by atoms with Crippen LogP contribution >= 0.6 is 0 Å². The standard InChI is InChI=1S/C11H11N3O/c12-11-6-13-10(5-14-11)9-3-1-8(7-15)2-4-9/h1-6,15H,7H2,(H2,12,14). The topological polar surface area (TPSA) is 72.0 Å². The average Bonchev–Trinajstić information content (AvgIpc) is 2.30. The molecule has 0 fully saturated rings. The number of hydrogen-bond donors (Lipinski definition) is 2. The third kappa shape index (κ3) is 2.11. The zero-order valence-electron chi connectivity index (χ0n) is 8.09. The molecule has 0 bridgehead atoms. The molecule has 15 heavy (non-hydrogen) atoms. The number of hydrogen-bond acceptors (Lipinski definition) is 4. The maximum absolute atomic E-state index is 8.89. The second kappa shape index (κ2) is 4.06. The Kier molecular flexibility index (Phi) is 2.60. The molecule has 4 heteroatoms. The minimum atomic E-state index is 0.0493. The van der Waals surface area contributed by atoms with Crippen molar-refractivity contribution >= 4 is 5.82 Å². The number of anilines is 1. The fourth-order valence-corrected chi connectivity index (χ4v) is 1.27. The van der Waals surface area contributed by atoms with Gasteiger partial charge in [0.2, 0.25) is 0 Å². The Hall–Kier alpha value is -1.94. The summed E-state index contributed by atoms with van der Waals surface area (Å²) in [4.78, 5) is 8.12. The molecule has 0 unspecified atom stereocenters. The van der Waals surface area contributed by atoms with Gasteiger partial charge in [-0.25, -0.2) is 4.98 Å². The number of rotatable bonds is 2. The van der Waals surface area contributed by atoms with Crippen LogP contribution in [-0.2, 0) is 6.61 Å². The predicted molar refractivity (Wildman–Crippen MR) is 57.8 cm³/mol. The molecule has 0 amide bonds. The highest BCUT2D eigenvalue weighted by molar-refractivity contribution is 5.58. The zero-order valence-corrected chi connectivity index (χ0v) is 8.09. The lowest BCUT2D eigenvalue weighted by Crippen LogP contribution is -1.92. The number of aliphatic hydroxyl groups is 1. The Labute approximate surface area is 87.4 Å². The van der Waals surface area contributed by atoms with Gasteiger partial charge in [0.15, 0.2) is 0 Å². The molecule has 0 aliphatic carbocycles. The molecule has 2 aromatic rings. The van der Waals surface area contributed by atoms with Crippen molar-refractivity contribution in [2.24, 2.45) is 0 Å². The molecule has 1 aromatic heterocycles. The Bertz CT molecular complexity index is 436. The third-order valence-electron chi connectivity index (χ3n) is 2.10. The van der Waals surface area contributed by atoms with E-state index in [0.29, 0.717) is 5.82 Å². The molecule has 0 aliphatic rings. The molecule has 3 N–H and O–H groups in total. The molecule has 1 aromatic carbocycles. The van der Waals surface area contributed by atoms with Crippen LogP contribution in [0.3, 0.4) is 0 Å². The molecule has 0 aliphatic heterocycles. The van der Waals surface area contributed by atoms with Gasteiger partial charge >= 0.3 is 0 Å². The van der Waals surface area contributed by atoms with Gasteiger partial charge in [0, 0.05) is 5.56 Å². The van der Waals surface area contributed by atoms with Crippen LogP contribution in [0, 0.1) is 0 Å². The molecule has 76 valence electrons. The van der Waals surface area contributed by atoms with Crippen molar-refractivity contribution in [3.8, 4) is 11.3 Å². The van der Waals surface area contributed by atoms with Gasteiger partial charge in [-0.3, -0.25) is 4.98 Å². The molecule has 2 rings (SSSR count). The van der Waals surface area contributed by atoms with E-state index in [2.05, 4.69) is 9.97 Å². The summed E-state index contributed by atoms with van der Waals surface area (Å²) in [5.74, 6) is 0.408. The highest BCUT2D eigenvalue weighted by Crippen LogP contribution is 2.16. The minimum Gasteiger partial charge on any atom is -0.392 e. The van der Waals surface area contributed by atoms with Crippen molar-refractivity contribution in [1.82, 2.24) is 9.97 Å². The number of nitrogen functional groups attached to an aromatic ring is 1. The first-order chi connectivity index (χ1) is 7.29.